The van der Waals surface area contributed by atoms with E-state index in [4.69, 9.17) is 12.2 Å². The molecular formula is C12H16N2O3S2. The molecule has 1 aromatic rings. The molecule has 0 aliphatic carbocycles. The van der Waals surface area contributed by atoms with Gasteiger partial charge < -0.3 is 15.3 Å². The molecule has 0 amide bonds. The summed E-state index contributed by atoms with van der Waals surface area (Å²) in [7, 11) is -1.49. The Hall–Kier alpha value is -1.18. The van der Waals surface area contributed by atoms with Crippen LogP contribution in [0.4, 0.5) is 5.69 Å². The van der Waals surface area contributed by atoms with Crippen molar-refractivity contribution < 1.29 is 13.5 Å². The third-order valence-corrected chi connectivity index (χ3v) is 5.23. The van der Waals surface area contributed by atoms with Gasteiger partial charge >= 0.3 is 0 Å². The number of para-hydroxylation sites is 1. The van der Waals surface area contributed by atoms with Gasteiger partial charge in [-0.25, -0.2) is 8.42 Å². The second-order valence-electron chi connectivity index (χ2n) is 4.62. The molecule has 2 atom stereocenters. The van der Waals surface area contributed by atoms with Crippen molar-refractivity contribution in [2.45, 2.75) is 12.1 Å². The second kappa shape index (κ2) is 5.44. The Morgan fingerprint density at radius 1 is 1.37 bits per heavy atom. The highest BCUT2D eigenvalue weighted by Gasteiger charge is 2.39. The van der Waals surface area contributed by atoms with Crippen LogP contribution in [0.5, 0.6) is 0 Å². The zero-order valence-corrected chi connectivity index (χ0v) is 12.1. The van der Waals surface area contributed by atoms with E-state index in [-0.39, 0.29) is 11.5 Å². The second-order valence-corrected chi connectivity index (χ2v) is 7.16. The summed E-state index contributed by atoms with van der Waals surface area (Å²) in [5, 5.41) is 13.2. The molecule has 19 heavy (non-hydrogen) atoms. The summed E-state index contributed by atoms with van der Waals surface area (Å²) in [4.78, 5) is 1.61. The molecular weight excluding hydrogens is 284 g/mol. The molecule has 0 radical (unpaired) electrons. The Kier molecular flexibility index (Phi) is 4.07. The topological polar surface area (TPSA) is 69.6 Å². The SMILES string of the molecule is CN(C(=S)Nc1ccccc1)[C@H]1CS(=O)(=O)C[C@@H]1O. The van der Waals surface area contributed by atoms with Gasteiger partial charge in [-0.2, -0.15) is 0 Å². The Morgan fingerprint density at radius 2 is 2.00 bits per heavy atom. The quantitative estimate of drug-likeness (QED) is 0.774. The van der Waals surface area contributed by atoms with Crippen molar-refractivity contribution >= 4 is 32.9 Å². The number of aliphatic hydroxyl groups is 1. The van der Waals surface area contributed by atoms with Crippen LogP contribution in [0.3, 0.4) is 0 Å². The van der Waals surface area contributed by atoms with E-state index in [0.29, 0.717) is 5.11 Å². The number of nitrogens with one attached hydrogen (secondary N) is 1. The van der Waals surface area contributed by atoms with Crippen molar-refractivity contribution in [1.29, 1.82) is 0 Å². The standard InChI is InChI=1S/C12H16N2O3S2/c1-14(10-7-19(16,17)8-11(10)15)12(18)13-9-5-3-2-4-6-9/h2-6,10-11,15H,7-8H2,1H3,(H,13,18)/t10-,11-/m0/s1. The van der Waals surface area contributed by atoms with Crippen molar-refractivity contribution in [1.82, 2.24) is 4.90 Å². The van der Waals surface area contributed by atoms with Crippen LogP contribution >= 0.6 is 12.2 Å². The first-order chi connectivity index (χ1) is 8.89. The van der Waals surface area contributed by atoms with Crippen LogP contribution < -0.4 is 5.32 Å². The maximum atomic E-state index is 11.5. The lowest BCUT2D eigenvalue weighted by Gasteiger charge is -2.28. The summed E-state index contributed by atoms with van der Waals surface area (Å²) in [6.07, 6.45) is -0.898. The van der Waals surface area contributed by atoms with E-state index >= 15 is 0 Å². The number of aliphatic hydroxyl groups excluding tert-OH is 1. The van der Waals surface area contributed by atoms with E-state index < -0.39 is 22.0 Å². The van der Waals surface area contributed by atoms with Gasteiger partial charge in [-0.3, -0.25) is 0 Å². The fourth-order valence-electron chi connectivity index (χ4n) is 2.06. The Morgan fingerprint density at radius 3 is 2.53 bits per heavy atom. The van der Waals surface area contributed by atoms with Crippen molar-refractivity contribution in [3.63, 3.8) is 0 Å². The number of likely N-dealkylation sites (N-methyl/N-ethyl adjacent to an activating group) is 1. The molecule has 1 aliphatic rings. The molecule has 1 aliphatic heterocycles. The van der Waals surface area contributed by atoms with E-state index in [1.165, 1.54) is 0 Å². The van der Waals surface area contributed by atoms with Gasteiger partial charge in [-0.05, 0) is 24.4 Å². The lowest BCUT2D eigenvalue weighted by atomic mass is 10.2. The number of hydrogen-bond acceptors (Lipinski definition) is 4. The van der Waals surface area contributed by atoms with Crippen molar-refractivity contribution in [2.24, 2.45) is 0 Å². The van der Waals surface area contributed by atoms with Crippen molar-refractivity contribution in [3.8, 4) is 0 Å². The highest BCUT2D eigenvalue weighted by molar-refractivity contribution is 7.91. The zero-order valence-electron chi connectivity index (χ0n) is 10.5. The van der Waals surface area contributed by atoms with Gasteiger partial charge in [0, 0.05) is 12.7 Å². The summed E-state index contributed by atoms with van der Waals surface area (Å²) in [6.45, 7) is 0. The molecule has 104 valence electrons. The minimum absolute atomic E-state index is 0.0682. The first kappa shape index (κ1) is 14.2. The molecule has 1 heterocycles. The minimum atomic E-state index is -3.18. The van der Waals surface area contributed by atoms with E-state index in [1.54, 1.807) is 11.9 Å². The number of benzene rings is 1. The first-order valence-electron chi connectivity index (χ1n) is 5.86. The molecule has 0 spiro atoms. The van der Waals surface area contributed by atoms with Crippen LogP contribution in [-0.2, 0) is 9.84 Å². The Labute approximate surface area is 118 Å². The maximum absolute atomic E-state index is 11.5. The minimum Gasteiger partial charge on any atom is -0.390 e. The van der Waals surface area contributed by atoms with Gasteiger partial charge in [-0.1, -0.05) is 18.2 Å². The molecule has 1 fully saturated rings. The van der Waals surface area contributed by atoms with Crippen LogP contribution in [-0.4, -0.2) is 54.2 Å². The number of hydrogen-bond donors (Lipinski definition) is 2. The third-order valence-electron chi connectivity index (χ3n) is 3.14. The summed E-state index contributed by atoms with van der Waals surface area (Å²) >= 11 is 5.23. The molecule has 5 nitrogen and oxygen atoms in total. The number of rotatable bonds is 2. The lowest BCUT2D eigenvalue weighted by Crippen LogP contribution is -2.45. The van der Waals surface area contributed by atoms with Crippen LogP contribution in [0, 0.1) is 0 Å². The van der Waals surface area contributed by atoms with E-state index in [1.807, 2.05) is 30.3 Å². The van der Waals surface area contributed by atoms with Gasteiger partial charge in [0.25, 0.3) is 0 Å². The number of nitrogens with zero attached hydrogens (tertiary/aromatic N) is 1. The fraction of sp³-hybridized carbons (Fsp3) is 0.417. The van der Waals surface area contributed by atoms with Crippen molar-refractivity contribution in [3.05, 3.63) is 30.3 Å². The number of thiocarbonyl (C=S) groups is 1. The molecule has 2 N–H and O–H groups in total. The molecule has 0 bridgehead atoms. The molecule has 0 unspecified atom stereocenters. The molecule has 1 saturated heterocycles. The normalized spacial score (nSPS) is 24.9. The number of sulfone groups is 1. The van der Waals surface area contributed by atoms with E-state index in [2.05, 4.69) is 5.32 Å². The highest BCUT2D eigenvalue weighted by Crippen LogP contribution is 2.18. The van der Waals surface area contributed by atoms with Crippen LogP contribution in [0.1, 0.15) is 0 Å². The van der Waals surface area contributed by atoms with Gasteiger partial charge in [0.1, 0.15) is 0 Å². The average Bonchev–Trinajstić information content (AvgIpc) is 2.63. The Balaban J connectivity index is 2.04. The smallest absolute Gasteiger partial charge is 0.173 e. The van der Waals surface area contributed by atoms with Crippen LogP contribution in [0.15, 0.2) is 30.3 Å². The maximum Gasteiger partial charge on any atom is 0.173 e. The van der Waals surface area contributed by atoms with Crippen LogP contribution in [0.25, 0.3) is 0 Å². The predicted molar refractivity (Wildman–Crippen MR) is 78.9 cm³/mol. The van der Waals surface area contributed by atoms with Gasteiger partial charge in [0.05, 0.1) is 23.7 Å². The van der Waals surface area contributed by atoms with Gasteiger partial charge in [0.15, 0.2) is 14.9 Å². The molecule has 0 aromatic heterocycles. The summed E-state index contributed by atoms with van der Waals surface area (Å²) < 4.78 is 23.0. The highest BCUT2D eigenvalue weighted by atomic mass is 32.2. The average molecular weight is 300 g/mol. The van der Waals surface area contributed by atoms with Gasteiger partial charge in [-0.15, -0.1) is 0 Å². The molecule has 1 aromatic carbocycles. The third kappa shape index (κ3) is 3.43. The molecule has 7 heteroatoms. The number of anilines is 1. The van der Waals surface area contributed by atoms with Crippen molar-refractivity contribution in [2.75, 3.05) is 23.9 Å². The lowest BCUT2D eigenvalue weighted by molar-refractivity contribution is 0.134. The fourth-order valence-corrected chi connectivity index (χ4v) is 4.16. The van der Waals surface area contributed by atoms with Crippen LogP contribution in [0.2, 0.25) is 0 Å². The Bertz CT molecular complexity index is 560. The van der Waals surface area contributed by atoms with E-state index in [0.717, 1.165) is 5.69 Å². The predicted octanol–water partition coefficient (Wildman–Crippen LogP) is 0.473. The summed E-state index contributed by atoms with van der Waals surface area (Å²) in [5.41, 5.74) is 0.828. The summed E-state index contributed by atoms with van der Waals surface area (Å²) in [5.74, 6) is -0.267. The monoisotopic (exact) mass is 300 g/mol. The van der Waals surface area contributed by atoms with Gasteiger partial charge in [0.2, 0.25) is 0 Å². The molecule has 0 saturated carbocycles. The largest absolute Gasteiger partial charge is 0.390 e. The zero-order chi connectivity index (χ0) is 14.0. The molecule has 2 rings (SSSR count). The summed E-state index contributed by atoms with van der Waals surface area (Å²) in [6, 6.07) is 8.88. The first-order valence-corrected chi connectivity index (χ1v) is 8.09. The van der Waals surface area contributed by atoms with E-state index in [9.17, 15) is 13.5 Å².